The Kier molecular flexibility index (Phi) is 3.34. The Morgan fingerprint density at radius 3 is 2.25 bits per heavy atom. The lowest BCUT2D eigenvalue weighted by atomic mass is 10.0. The summed E-state index contributed by atoms with van der Waals surface area (Å²) in [4.78, 5) is 4.01. The van der Waals surface area contributed by atoms with Crippen molar-refractivity contribution in [3.63, 3.8) is 0 Å². The molecule has 2 rings (SSSR count). The van der Waals surface area contributed by atoms with Crippen LogP contribution < -0.4 is 22.5 Å². The molecule has 0 bridgehead atoms. The highest BCUT2D eigenvalue weighted by Gasteiger charge is 2.31. The van der Waals surface area contributed by atoms with Gasteiger partial charge in [-0.05, 0) is 17.7 Å². The van der Waals surface area contributed by atoms with Gasteiger partial charge in [0, 0.05) is 12.6 Å². The van der Waals surface area contributed by atoms with Crippen LogP contribution in [0.3, 0.4) is 0 Å². The van der Waals surface area contributed by atoms with Crippen molar-refractivity contribution in [2.24, 2.45) is 22.2 Å². The summed E-state index contributed by atoms with van der Waals surface area (Å²) < 4.78 is 37.4. The predicted octanol–water partition coefficient (Wildman–Crippen LogP) is 0.621. The number of benzene rings is 1. The van der Waals surface area contributed by atoms with E-state index in [1.165, 1.54) is 18.3 Å². The van der Waals surface area contributed by atoms with Crippen LogP contribution in [0, 0.1) is 0 Å². The van der Waals surface area contributed by atoms with Gasteiger partial charge >= 0.3 is 6.18 Å². The highest BCUT2D eigenvalue weighted by Crippen LogP contribution is 2.29. The van der Waals surface area contributed by atoms with Crippen LogP contribution in [0.4, 0.5) is 13.2 Å². The molecule has 0 radical (unpaired) electrons. The Bertz CT molecular complexity index is 561. The van der Waals surface area contributed by atoms with Gasteiger partial charge in [-0.2, -0.15) is 13.2 Å². The van der Waals surface area contributed by atoms with Crippen molar-refractivity contribution in [2.45, 2.75) is 18.4 Å². The summed E-state index contributed by atoms with van der Waals surface area (Å²) >= 11 is 0. The molecule has 0 spiro atoms. The fourth-order valence-corrected chi connectivity index (χ4v) is 1.80. The number of nitrogens with zero attached hydrogens (tertiary/aromatic N) is 1. The largest absolute Gasteiger partial charge is 0.416 e. The summed E-state index contributed by atoms with van der Waals surface area (Å²) in [5.74, 6) is -1.12. The van der Waals surface area contributed by atoms with Gasteiger partial charge in [0.1, 0.15) is 5.84 Å². The quantitative estimate of drug-likeness (QED) is 0.639. The van der Waals surface area contributed by atoms with Crippen molar-refractivity contribution >= 4 is 5.84 Å². The van der Waals surface area contributed by atoms with Crippen molar-refractivity contribution in [2.75, 3.05) is 0 Å². The fraction of sp³-hybridized carbons (Fsp3) is 0.250. The number of alkyl halides is 3. The van der Waals surface area contributed by atoms with E-state index in [9.17, 15) is 13.2 Å². The Labute approximate surface area is 113 Å². The van der Waals surface area contributed by atoms with E-state index >= 15 is 0 Å². The number of halogens is 3. The third kappa shape index (κ3) is 3.02. The highest BCUT2D eigenvalue weighted by atomic mass is 19.4. The highest BCUT2D eigenvalue weighted by molar-refractivity contribution is 5.96. The predicted molar refractivity (Wildman–Crippen MR) is 69.1 cm³/mol. The van der Waals surface area contributed by atoms with E-state index in [0.717, 1.165) is 12.1 Å². The lowest BCUT2D eigenvalue weighted by Crippen LogP contribution is -2.55. The average Bonchev–Trinajstić information content (AvgIpc) is 2.34. The van der Waals surface area contributed by atoms with Gasteiger partial charge < -0.3 is 16.8 Å². The Hall–Kier alpha value is -2.22. The molecule has 1 aromatic carbocycles. The zero-order valence-corrected chi connectivity index (χ0v) is 10.4. The summed E-state index contributed by atoms with van der Waals surface area (Å²) in [5.41, 5.74) is 17.2. The molecule has 8 heteroatoms. The van der Waals surface area contributed by atoms with Crippen LogP contribution in [0.25, 0.3) is 0 Å². The molecule has 0 saturated carbocycles. The molecule has 7 N–H and O–H groups in total. The molecule has 1 aliphatic heterocycles. The van der Waals surface area contributed by atoms with Crippen LogP contribution in [-0.4, -0.2) is 11.6 Å². The molecule has 0 aliphatic carbocycles. The molecule has 5 nitrogen and oxygen atoms in total. The van der Waals surface area contributed by atoms with Crippen molar-refractivity contribution in [1.82, 2.24) is 5.32 Å². The van der Waals surface area contributed by atoms with Crippen LogP contribution in [-0.2, 0) is 12.6 Å². The standard InChI is InChI=1S/C12H14F3N5/c13-12(14,15)8-3-1-7(2-4-8)5-11(18)19-6-9(16)10(17)20-11/h1-4,6,19H,5,16,18H2,(H2,17,20). The first-order valence-electron chi connectivity index (χ1n) is 5.74. The Balaban J connectivity index is 2.15. The summed E-state index contributed by atoms with van der Waals surface area (Å²) in [7, 11) is 0. The van der Waals surface area contributed by atoms with Gasteiger partial charge in [-0.15, -0.1) is 0 Å². The van der Waals surface area contributed by atoms with Crippen LogP contribution in [0.1, 0.15) is 11.1 Å². The minimum Gasteiger partial charge on any atom is -0.395 e. The Morgan fingerprint density at radius 1 is 1.15 bits per heavy atom. The van der Waals surface area contributed by atoms with Gasteiger partial charge in [0.2, 0.25) is 0 Å². The number of nitrogens with two attached hydrogens (primary N) is 3. The fourth-order valence-electron chi connectivity index (χ4n) is 1.80. The molecule has 1 aliphatic rings. The normalized spacial score (nSPS) is 22.8. The summed E-state index contributed by atoms with van der Waals surface area (Å²) in [5, 5.41) is 2.77. The molecular weight excluding hydrogens is 271 g/mol. The minimum absolute atomic E-state index is 0.0955. The van der Waals surface area contributed by atoms with Crippen molar-refractivity contribution < 1.29 is 13.2 Å². The average molecular weight is 285 g/mol. The van der Waals surface area contributed by atoms with Crippen LogP contribution in [0.2, 0.25) is 0 Å². The van der Waals surface area contributed by atoms with Gasteiger partial charge in [0.25, 0.3) is 0 Å². The molecule has 0 fully saturated rings. The number of aliphatic imine (C=N–C) groups is 1. The van der Waals surface area contributed by atoms with Crippen molar-refractivity contribution in [3.05, 3.63) is 47.3 Å². The molecular formula is C12H14F3N5. The van der Waals surface area contributed by atoms with Gasteiger partial charge in [0.05, 0.1) is 11.3 Å². The van der Waals surface area contributed by atoms with Gasteiger partial charge in [-0.3, -0.25) is 5.73 Å². The molecule has 0 saturated heterocycles. The molecule has 1 heterocycles. The van der Waals surface area contributed by atoms with E-state index in [1.807, 2.05) is 0 Å². The number of hydrogen-bond acceptors (Lipinski definition) is 5. The zero-order valence-electron chi connectivity index (χ0n) is 10.4. The van der Waals surface area contributed by atoms with E-state index in [1.54, 1.807) is 0 Å². The van der Waals surface area contributed by atoms with Crippen molar-refractivity contribution in [3.8, 4) is 0 Å². The van der Waals surface area contributed by atoms with E-state index in [0.29, 0.717) is 5.56 Å². The minimum atomic E-state index is -4.36. The lowest BCUT2D eigenvalue weighted by Gasteiger charge is -2.29. The zero-order chi connectivity index (χ0) is 15.0. The molecule has 0 aromatic heterocycles. The molecule has 108 valence electrons. The first kappa shape index (κ1) is 14.2. The second-order valence-electron chi connectivity index (χ2n) is 4.54. The number of nitrogens with one attached hydrogen (secondary N) is 1. The summed E-state index contributed by atoms with van der Waals surface area (Å²) in [6, 6.07) is 4.70. The van der Waals surface area contributed by atoms with Gasteiger partial charge in [-0.1, -0.05) is 12.1 Å². The second kappa shape index (κ2) is 4.71. The smallest absolute Gasteiger partial charge is 0.395 e. The van der Waals surface area contributed by atoms with Gasteiger partial charge in [-0.25, -0.2) is 4.99 Å². The molecule has 1 unspecified atom stereocenters. The van der Waals surface area contributed by atoms with Crippen LogP contribution in [0.5, 0.6) is 0 Å². The van der Waals surface area contributed by atoms with E-state index in [-0.39, 0.29) is 18.0 Å². The molecule has 1 atom stereocenters. The maximum absolute atomic E-state index is 12.5. The van der Waals surface area contributed by atoms with Gasteiger partial charge in [0.15, 0.2) is 5.79 Å². The third-order valence-electron chi connectivity index (χ3n) is 2.85. The summed E-state index contributed by atoms with van der Waals surface area (Å²) in [6.07, 6.45) is -2.76. The van der Waals surface area contributed by atoms with E-state index in [4.69, 9.17) is 17.2 Å². The molecule has 1 aromatic rings. The van der Waals surface area contributed by atoms with Crippen LogP contribution in [0.15, 0.2) is 41.2 Å². The second-order valence-corrected chi connectivity index (χ2v) is 4.54. The monoisotopic (exact) mass is 285 g/mol. The van der Waals surface area contributed by atoms with E-state index < -0.39 is 17.5 Å². The molecule has 0 amide bonds. The lowest BCUT2D eigenvalue weighted by molar-refractivity contribution is -0.137. The van der Waals surface area contributed by atoms with Crippen molar-refractivity contribution in [1.29, 1.82) is 0 Å². The maximum atomic E-state index is 12.5. The number of hydrogen-bond donors (Lipinski definition) is 4. The maximum Gasteiger partial charge on any atom is 0.416 e. The van der Waals surface area contributed by atoms with E-state index in [2.05, 4.69) is 10.3 Å². The Morgan fingerprint density at radius 2 is 1.75 bits per heavy atom. The third-order valence-corrected chi connectivity index (χ3v) is 2.85. The number of rotatable bonds is 2. The first-order valence-corrected chi connectivity index (χ1v) is 5.74. The van der Waals surface area contributed by atoms with Crippen LogP contribution >= 0.6 is 0 Å². The number of amidine groups is 1. The first-order chi connectivity index (χ1) is 9.20. The summed E-state index contributed by atoms with van der Waals surface area (Å²) in [6.45, 7) is 0. The topological polar surface area (TPSA) is 102 Å². The SMILES string of the molecule is NC1=CNC(N)(Cc2ccc(C(F)(F)F)cc2)N=C1N. The molecule has 20 heavy (non-hydrogen) atoms.